The Kier molecular flexibility index (Phi) is 3.63. The number of aliphatic hydroxyl groups is 1. The van der Waals surface area contributed by atoms with Crippen molar-refractivity contribution in [2.24, 2.45) is 0 Å². The van der Waals surface area contributed by atoms with E-state index >= 15 is 0 Å². The molecule has 17 heavy (non-hydrogen) atoms. The molecular weight excluding hydrogens is 240 g/mol. The number of nitrogens with zero attached hydrogens (tertiary/aromatic N) is 2. The fourth-order valence-electron chi connectivity index (χ4n) is 2.19. The van der Waals surface area contributed by atoms with Crippen LogP contribution in [0.3, 0.4) is 0 Å². The molecule has 5 heteroatoms. The number of hydrogen-bond donors (Lipinski definition) is 1. The maximum Gasteiger partial charge on any atom is 0.129 e. The van der Waals surface area contributed by atoms with E-state index in [4.69, 9.17) is 16.3 Å². The minimum Gasteiger partial charge on any atom is -0.390 e. The molecule has 1 aromatic heterocycles. The highest BCUT2D eigenvalue weighted by molar-refractivity contribution is 6.29. The van der Waals surface area contributed by atoms with Gasteiger partial charge < -0.3 is 9.84 Å². The molecule has 0 unspecified atom stereocenters. The number of aromatic nitrogens is 1. The Morgan fingerprint density at radius 3 is 2.76 bits per heavy atom. The van der Waals surface area contributed by atoms with Gasteiger partial charge in [0.1, 0.15) is 5.15 Å². The molecule has 2 heterocycles. The lowest BCUT2D eigenvalue weighted by Crippen LogP contribution is -2.33. The molecule has 1 aliphatic rings. The normalized spacial score (nSPS) is 18.6. The van der Waals surface area contributed by atoms with E-state index in [1.54, 1.807) is 12.1 Å². The lowest BCUT2D eigenvalue weighted by molar-refractivity contribution is 0.0667. The molecule has 1 fully saturated rings. The largest absolute Gasteiger partial charge is 0.390 e. The molecule has 0 atom stereocenters. The van der Waals surface area contributed by atoms with E-state index < -0.39 is 5.41 Å². The van der Waals surface area contributed by atoms with Crippen LogP contribution in [-0.4, -0.2) is 23.3 Å². The summed E-state index contributed by atoms with van der Waals surface area (Å²) < 4.78 is 5.29. The monoisotopic (exact) mass is 252 g/mol. The van der Waals surface area contributed by atoms with Crippen LogP contribution in [0.4, 0.5) is 0 Å². The predicted octanol–water partition coefficient (Wildman–Crippen LogP) is 1.80. The minimum absolute atomic E-state index is 0.208. The summed E-state index contributed by atoms with van der Waals surface area (Å²) in [6.07, 6.45) is 1.25. The number of halogens is 1. The Bertz CT molecular complexity index is 450. The molecule has 1 aliphatic heterocycles. The van der Waals surface area contributed by atoms with Gasteiger partial charge in [0, 0.05) is 13.2 Å². The van der Waals surface area contributed by atoms with Crippen LogP contribution in [0.1, 0.15) is 24.1 Å². The van der Waals surface area contributed by atoms with E-state index in [0.717, 1.165) is 5.56 Å². The van der Waals surface area contributed by atoms with E-state index in [-0.39, 0.29) is 6.61 Å². The summed E-state index contributed by atoms with van der Waals surface area (Å²) in [5.74, 6) is 0. The van der Waals surface area contributed by atoms with Crippen molar-refractivity contribution in [1.82, 2.24) is 4.98 Å². The first kappa shape index (κ1) is 12.3. The number of pyridine rings is 1. The second-order valence-electron chi connectivity index (χ2n) is 4.09. The third-order valence-electron chi connectivity index (χ3n) is 3.17. The molecule has 1 saturated heterocycles. The van der Waals surface area contributed by atoms with E-state index in [9.17, 15) is 10.4 Å². The quantitative estimate of drug-likeness (QED) is 0.815. The molecule has 1 aromatic rings. The van der Waals surface area contributed by atoms with Crippen LogP contribution in [0.15, 0.2) is 12.1 Å². The summed E-state index contributed by atoms with van der Waals surface area (Å²) in [6.45, 7) is 0.905. The highest BCUT2D eigenvalue weighted by Crippen LogP contribution is 2.36. The van der Waals surface area contributed by atoms with Crippen molar-refractivity contribution < 1.29 is 9.84 Å². The molecule has 1 N–H and O–H groups in total. The van der Waals surface area contributed by atoms with Crippen molar-refractivity contribution in [1.29, 1.82) is 5.26 Å². The van der Waals surface area contributed by atoms with Gasteiger partial charge in [0.2, 0.25) is 0 Å². The van der Waals surface area contributed by atoms with Gasteiger partial charge >= 0.3 is 0 Å². The molecule has 4 nitrogen and oxygen atoms in total. The number of hydrogen-bond acceptors (Lipinski definition) is 4. The second kappa shape index (κ2) is 5.01. The smallest absolute Gasteiger partial charge is 0.129 e. The summed E-state index contributed by atoms with van der Waals surface area (Å²) >= 11 is 5.79. The summed E-state index contributed by atoms with van der Waals surface area (Å²) in [5.41, 5.74) is 0.657. The summed E-state index contributed by atoms with van der Waals surface area (Å²) in [5, 5.41) is 19.1. The van der Waals surface area contributed by atoms with Crippen molar-refractivity contribution in [2.75, 3.05) is 13.2 Å². The lowest BCUT2D eigenvalue weighted by Gasteiger charge is -2.32. The van der Waals surface area contributed by atoms with Crippen LogP contribution in [0, 0.1) is 11.3 Å². The number of aliphatic hydroxyl groups excluding tert-OH is 1. The highest BCUT2D eigenvalue weighted by atomic mass is 35.5. The topological polar surface area (TPSA) is 66.1 Å². The van der Waals surface area contributed by atoms with E-state index in [1.165, 1.54) is 0 Å². The van der Waals surface area contributed by atoms with Crippen LogP contribution in [0.5, 0.6) is 0 Å². The average molecular weight is 253 g/mol. The van der Waals surface area contributed by atoms with Gasteiger partial charge in [0.15, 0.2) is 0 Å². The first-order valence-electron chi connectivity index (χ1n) is 5.47. The Balaban J connectivity index is 2.47. The molecule has 0 amide bonds. The molecule has 0 spiro atoms. The molecule has 0 saturated carbocycles. The number of rotatable bonds is 2. The van der Waals surface area contributed by atoms with Crippen molar-refractivity contribution in [3.05, 3.63) is 28.5 Å². The number of ether oxygens (including phenoxy) is 1. The van der Waals surface area contributed by atoms with Crippen LogP contribution < -0.4 is 0 Å². The van der Waals surface area contributed by atoms with Crippen molar-refractivity contribution >= 4 is 11.6 Å². The predicted molar refractivity (Wildman–Crippen MR) is 62.5 cm³/mol. The van der Waals surface area contributed by atoms with Gasteiger partial charge in [-0.25, -0.2) is 4.98 Å². The van der Waals surface area contributed by atoms with E-state index in [2.05, 4.69) is 11.1 Å². The number of nitriles is 1. The van der Waals surface area contributed by atoms with Crippen LogP contribution in [-0.2, 0) is 16.8 Å². The van der Waals surface area contributed by atoms with E-state index in [1.807, 2.05) is 0 Å². The Morgan fingerprint density at radius 2 is 2.18 bits per heavy atom. The average Bonchev–Trinajstić information content (AvgIpc) is 2.39. The Morgan fingerprint density at radius 1 is 1.47 bits per heavy atom. The summed E-state index contributed by atoms with van der Waals surface area (Å²) in [7, 11) is 0. The highest BCUT2D eigenvalue weighted by Gasteiger charge is 2.36. The van der Waals surface area contributed by atoms with Crippen LogP contribution in [0.25, 0.3) is 0 Å². The van der Waals surface area contributed by atoms with E-state index in [0.29, 0.717) is 36.9 Å². The molecule has 0 bridgehead atoms. The van der Waals surface area contributed by atoms with Gasteiger partial charge in [0.05, 0.1) is 23.8 Å². The zero-order valence-corrected chi connectivity index (χ0v) is 10.1. The van der Waals surface area contributed by atoms with Gasteiger partial charge in [0.25, 0.3) is 0 Å². The summed E-state index contributed by atoms with van der Waals surface area (Å²) in [6, 6.07) is 5.80. The SMILES string of the molecule is N#CC1(c2ccc(Cl)nc2CO)CCOCC1. The van der Waals surface area contributed by atoms with Crippen LogP contribution >= 0.6 is 11.6 Å². The lowest BCUT2D eigenvalue weighted by atomic mass is 9.75. The zero-order chi connectivity index (χ0) is 12.3. The Labute approximate surface area is 105 Å². The fraction of sp³-hybridized carbons (Fsp3) is 0.500. The van der Waals surface area contributed by atoms with Crippen molar-refractivity contribution in [2.45, 2.75) is 24.9 Å². The van der Waals surface area contributed by atoms with Crippen molar-refractivity contribution in [3.8, 4) is 6.07 Å². The standard InChI is InChI=1S/C12H13ClN2O2/c13-11-2-1-9(10(7-16)15-11)12(8-14)3-5-17-6-4-12/h1-2,16H,3-7H2. The van der Waals surface area contributed by atoms with Gasteiger partial charge in [-0.2, -0.15) is 5.26 Å². The second-order valence-corrected chi connectivity index (χ2v) is 4.48. The molecule has 0 radical (unpaired) electrons. The van der Waals surface area contributed by atoms with Crippen molar-refractivity contribution in [3.63, 3.8) is 0 Å². The minimum atomic E-state index is -0.603. The maximum atomic E-state index is 9.44. The van der Waals surface area contributed by atoms with Gasteiger partial charge in [-0.15, -0.1) is 0 Å². The Hall–Kier alpha value is -1.15. The molecule has 90 valence electrons. The van der Waals surface area contributed by atoms with Gasteiger partial charge in [-0.3, -0.25) is 0 Å². The molecular formula is C12H13ClN2O2. The third-order valence-corrected chi connectivity index (χ3v) is 3.38. The van der Waals surface area contributed by atoms with Gasteiger partial charge in [-0.05, 0) is 24.5 Å². The fourth-order valence-corrected chi connectivity index (χ4v) is 2.36. The first-order valence-corrected chi connectivity index (χ1v) is 5.85. The summed E-state index contributed by atoms with van der Waals surface area (Å²) in [4.78, 5) is 4.08. The van der Waals surface area contributed by atoms with Gasteiger partial charge in [-0.1, -0.05) is 17.7 Å². The third kappa shape index (κ3) is 2.27. The zero-order valence-electron chi connectivity index (χ0n) is 9.32. The molecule has 0 aliphatic carbocycles. The first-order chi connectivity index (χ1) is 8.22. The molecule has 2 rings (SSSR count). The molecule has 0 aromatic carbocycles. The maximum absolute atomic E-state index is 9.44. The van der Waals surface area contributed by atoms with Crippen LogP contribution in [0.2, 0.25) is 5.15 Å².